The lowest BCUT2D eigenvalue weighted by molar-refractivity contribution is 0.700. The van der Waals surface area contributed by atoms with Gasteiger partial charge in [-0.25, -0.2) is 9.97 Å². The van der Waals surface area contributed by atoms with Crippen LogP contribution in [-0.4, -0.2) is 15.2 Å². The first-order valence-corrected chi connectivity index (χ1v) is 9.86. The van der Waals surface area contributed by atoms with Crippen molar-refractivity contribution >= 4 is 39.1 Å². The van der Waals surface area contributed by atoms with E-state index >= 15 is 0 Å². The molecule has 0 saturated heterocycles. The van der Waals surface area contributed by atoms with E-state index in [4.69, 9.17) is 10.7 Å². The standard InChI is InChI=1S/C16H21N3S2/c17-15-14-11-7-3-4-8-12(11)21-16(14)19-13(18-15)9-20-10-5-1-2-6-10/h10H,1-9H2,(H2,17,18,19). The summed E-state index contributed by atoms with van der Waals surface area (Å²) >= 11 is 3.86. The first kappa shape index (κ1) is 13.8. The first-order valence-electron chi connectivity index (χ1n) is 7.99. The van der Waals surface area contributed by atoms with Gasteiger partial charge in [0, 0.05) is 10.1 Å². The lowest BCUT2D eigenvalue weighted by Crippen LogP contribution is -2.03. The monoisotopic (exact) mass is 319 g/mol. The van der Waals surface area contributed by atoms with Crippen molar-refractivity contribution < 1.29 is 0 Å². The van der Waals surface area contributed by atoms with E-state index < -0.39 is 0 Å². The lowest BCUT2D eigenvalue weighted by Gasteiger charge is -2.11. The lowest BCUT2D eigenvalue weighted by atomic mass is 9.97. The Balaban J connectivity index is 1.62. The van der Waals surface area contributed by atoms with Crippen LogP contribution in [0.15, 0.2) is 0 Å². The molecule has 112 valence electrons. The summed E-state index contributed by atoms with van der Waals surface area (Å²) in [6.07, 6.45) is 10.4. The molecule has 0 bridgehead atoms. The summed E-state index contributed by atoms with van der Waals surface area (Å²) in [7, 11) is 0. The molecule has 0 aromatic carbocycles. The van der Waals surface area contributed by atoms with Gasteiger partial charge in [0.1, 0.15) is 16.5 Å². The van der Waals surface area contributed by atoms with Gasteiger partial charge in [-0.05, 0) is 44.1 Å². The number of anilines is 1. The van der Waals surface area contributed by atoms with Gasteiger partial charge in [-0.1, -0.05) is 12.8 Å². The minimum Gasteiger partial charge on any atom is -0.383 e. The zero-order valence-corrected chi connectivity index (χ0v) is 13.9. The molecule has 4 rings (SSSR count). The molecule has 2 heterocycles. The predicted molar refractivity (Wildman–Crippen MR) is 92.0 cm³/mol. The highest BCUT2D eigenvalue weighted by molar-refractivity contribution is 7.99. The topological polar surface area (TPSA) is 51.8 Å². The Morgan fingerprint density at radius 2 is 1.90 bits per heavy atom. The zero-order chi connectivity index (χ0) is 14.2. The SMILES string of the molecule is Nc1nc(CSC2CCCC2)nc2sc3c(c12)CCCC3. The number of aryl methyl sites for hydroxylation is 2. The Kier molecular flexibility index (Phi) is 3.79. The van der Waals surface area contributed by atoms with E-state index in [0.717, 1.165) is 33.5 Å². The van der Waals surface area contributed by atoms with Crippen LogP contribution in [-0.2, 0) is 18.6 Å². The molecule has 2 aromatic rings. The summed E-state index contributed by atoms with van der Waals surface area (Å²) in [5, 5.41) is 1.96. The number of aromatic nitrogens is 2. The van der Waals surface area contributed by atoms with Crippen LogP contribution in [0, 0.1) is 0 Å². The van der Waals surface area contributed by atoms with Gasteiger partial charge in [0.15, 0.2) is 0 Å². The third-order valence-electron chi connectivity index (χ3n) is 4.64. The molecule has 0 atom stereocenters. The molecule has 1 saturated carbocycles. The van der Waals surface area contributed by atoms with Crippen molar-refractivity contribution in [3.8, 4) is 0 Å². The zero-order valence-electron chi connectivity index (χ0n) is 12.2. The van der Waals surface area contributed by atoms with Crippen LogP contribution in [0.25, 0.3) is 10.2 Å². The van der Waals surface area contributed by atoms with Crippen molar-refractivity contribution in [3.05, 3.63) is 16.3 Å². The summed E-state index contributed by atoms with van der Waals surface area (Å²) < 4.78 is 0. The van der Waals surface area contributed by atoms with Crippen molar-refractivity contribution in [1.29, 1.82) is 0 Å². The molecule has 0 aliphatic heterocycles. The molecular formula is C16H21N3S2. The molecule has 5 heteroatoms. The van der Waals surface area contributed by atoms with E-state index in [1.165, 1.54) is 55.4 Å². The van der Waals surface area contributed by atoms with E-state index in [9.17, 15) is 0 Å². The molecule has 3 nitrogen and oxygen atoms in total. The van der Waals surface area contributed by atoms with Crippen molar-refractivity contribution in [2.75, 3.05) is 5.73 Å². The van der Waals surface area contributed by atoms with Crippen LogP contribution >= 0.6 is 23.1 Å². The Morgan fingerprint density at radius 3 is 2.76 bits per heavy atom. The van der Waals surface area contributed by atoms with Crippen molar-refractivity contribution in [2.45, 2.75) is 62.4 Å². The fraction of sp³-hybridized carbons (Fsp3) is 0.625. The Bertz CT molecular complexity index is 659. The molecule has 2 aliphatic carbocycles. The van der Waals surface area contributed by atoms with Gasteiger partial charge in [0.2, 0.25) is 0 Å². The number of hydrogen-bond acceptors (Lipinski definition) is 5. The smallest absolute Gasteiger partial charge is 0.142 e. The number of hydrogen-bond donors (Lipinski definition) is 1. The van der Waals surface area contributed by atoms with Gasteiger partial charge < -0.3 is 5.73 Å². The van der Waals surface area contributed by atoms with Crippen LogP contribution in [0.4, 0.5) is 5.82 Å². The van der Waals surface area contributed by atoms with Crippen LogP contribution in [0.2, 0.25) is 0 Å². The van der Waals surface area contributed by atoms with Gasteiger partial charge >= 0.3 is 0 Å². The second-order valence-electron chi connectivity index (χ2n) is 6.13. The highest BCUT2D eigenvalue weighted by Gasteiger charge is 2.21. The van der Waals surface area contributed by atoms with E-state index in [1.807, 2.05) is 23.1 Å². The molecule has 2 aliphatic rings. The molecule has 21 heavy (non-hydrogen) atoms. The van der Waals surface area contributed by atoms with Gasteiger partial charge in [0.05, 0.1) is 11.1 Å². The minimum atomic E-state index is 0.710. The third kappa shape index (κ3) is 2.66. The molecular weight excluding hydrogens is 298 g/mol. The largest absolute Gasteiger partial charge is 0.383 e. The number of thiophene rings is 1. The Labute approximate surface area is 133 Å². The molecule has 2 N–H and O–H groups in total. The number of rotatable bonds is 3. The van der Waals surface area contributed by atoms with Gasteiger partial charge in [0.25, 0.3) is 0 Å². The van der Waals surface area contributed by atoms with Gasteiger partial charge in [-0.15, -0.1) is 11.3 Å². The van der Waals surface area contributed by atoms with E-state index in [1.54, 1.807) is 0 Å². The highest BCUT2D eigenvalue weighted by Crippen LogP contribution is 2.38. The fourth-order valence-corrected chi connectivity index (χ4v) is 6.01. The minimum absolute atomic E-state index is 0.710. The van der Waals surface area contributed by atoms with E-state index in [0.29, 0.717) is 5.82 Å². The highest BCUT2D eigenvalue weighted by atomic mass is 32.2. The summed E-state index contributed by atoms with van der Waals surface area (Å²) in [6.45, 7) is 0. The third-order valence-corrected chi connectivity index (χ3v) is 7.19. The molecule has 0 unspecified atom stereocenters. The number of nitrogens with zero attached hydrogens (tertiary/aromatic N) is 2. The summed E-state index contributed by atoms with van der Waals surface area (Å²) in [4.78, 5) is 12.0. The maximum absolute atomic E-state index is 6.26. The maximum atomic E-state index is 6.26. The average molecular weight is 319 g/mol. The summed E-state index contributed by atoms with van der Waals surface area (Å²) in [5.41, 5.74) is 7.69. The second-order valence-corrected chi connectivity index (χ2v) is 8.51. The summed E-state index contributed by atoms with van der Waals surface area (Å²) in [6, 6.07) is 0. The van der Waals surface area contributed by atoms with Crippen molar-refractivity contribution in [1.82, 2.24) is 9.97 Å². The number of thioether (sulfide) groups is 1. The molecule has 2 aromatic heterocycles. The van der Waals surface area contributed by atoms with E-state index in [2.05, 4.69) is 4.98 Å². The molecule has 0 radical (unpaired) electrons. The van der Waals surface area contributed by atoms with Crippen LogP contribution in [0.3, 0.4) is 0 Å². The predicted octanol–water partition coefficient (Wildman–Crippen LogP) is 4.33. The van der Waals surface area contributed by atoms with Gasteiger partial charge in [-0.2, -0.15) is 11.8 Å². The average Bonchev–Trinajstić information content (AvgIpc) is 3.12. The molecule has 0 amide bonds. The van der Waals surface area contributed by atoms with E-state index in [-0.39, 0.29) is 0 Å². The number of nitrogen functional groups attached to an aromatic ring is 1. The summed E-state index contributed by atoms with van der Waals surface area (Å²) in [5.74, 6) is 2.55. The van der Waals surface area contributed by atoms with Crippen molar-refractivity contribution in [2.24, 2.45) is 0 Å². The van der Waals surface area contributed by atoms with Crippen LogP contribution in [0.1, 0.15) is 54.8 Å². The Hall–Kier alpha value is -0.810. The quantitative estimate of drug-likeness (QED) is 0.915. The van der Waals surface area contributed by atoms with Crippen LogP contribution < -0.4 is 5.73 Å². The normalized spacial score (nSPS) is 19.2. The number of nitrogens with two attached hydrogens (primary N) is 1. The maximum Gasteiger partial charge on any atom is 0.142 e. The second kappa shape index (κ2) is 5.76. The molecule has 0 spiro atoms. The van der Waals surface area contributed by atoms with Crippen molar-refractivity contribution in [3.63, 3.8) is 0 Å². The van der Waals surface area contributed by atoms with Gasteiger partial charge in [-0.3, -0.25) is 0 Å². The Morgan fingerprint density at radius 1 is 1.10 bits per heavy atom. The first-order chi connectivity index (χ1) is 10.3. The molecule has 1 fully saturated rings. The van der Waals surface area contributed by atoms with Crippen LogP contribution in [0.5, 0.6) is 0 Å². The number of fused-ring (bicyclic) bond motifs is 3. The fourth-order valence-electron chi connectivity index (χ4n) is 3.54.